The highest BCUT2D eigenvalue weighted by molar-refractivity contribution is 14.0. The Morgan fingerprint density at radius 1 is 1.04 bits per heavy atom. The standard InChI is InChI=1S/C20H25BrN4O2.HI/c1-3-27-18-7-5-4-6-16(18)14-25-20(22-2)24-13-12-23-19(26)15-8-10-17(21)11-9-15;/h4-11H,3,12-14H2,1-2H3,(H,23,26)(H2,22,24,25);1H. The Hall–Kier alpha value is -1.81. The summed E-state index contributed by atoms with van der Waals surface area (Å²) in [6, 6.07) is 15.2. The SMILES string of the molecule is CCOc1ccccc1CNC(=NC)NCCNC(=O)c1ccc(Br)cc1.I. The van der Waals surface area contributed by atoms with E-state index in [0.29, 0.717) is 37.8 Å². The molecule has 3 N–H and O–H groups in total. The molecule has 8 heteroatoms. The van der Waals surface area contributed by atoms with Gasteiger partial charge in [0.1, 0.15) is 5.75 Å². The molecule has 0 aliphatic carbocycles. The first-order valence-corrected chi connectivity index (χ1v) is 9.62. The minimum absolute atomic E-state index is 0. The third-order valence-electron chi connectivity index (χ3n) is 3.75. The lowest BCUT2D eigenvalue weighted by Gasteiger charge is -2.14. The quantitative estimate of drug-likeness (QED) is 0.200. The fraction of sp³-hybridized carbons (Fsp3) is 0.300. The average Bonchev–Trinajstić information content (AvgIpc) is 2.69. The summed E-state index contributed by atoms with van der Waals surface area (Å²) in [7, 11) is 1.71. The van der Waals surface area contributed by atoms with Gasteiger partial charge in [-0.1, -0.05) is 34.1 Å². The summed E-state index contributed by atoms with van der Waals surface area (Å²) >= 11 is 3.36. The molecule has 0 saturated heterocycles. The predicted molar refractivity (Wildman–Crippen MR) is 128 cm³/mol. The molecule has 0 aliphatic rings. The minimum atomic E-state index is -0.0992. The summed E-state index contributed by atoms with van der Waals surface area (Å²) in [5, 5.41) is 9.31. The Labute approximate surface area is 191 Å². The summed E-state index contributed by atoms with van der Waals surface area (Å²) in [5.41, 5.74) is 1.69. The molecule has 0 aliphatic heterocycles. The maximum atomic E-state index is 12.1. The van der Waals surface area contributed by atoms with E-state index in [2.05, 4.69) is 36.9 Å². The molecule has 1 amide bonds. The maximum Gasteiger partial charge on any atom is 0.251 e. The number of ether oxygens (including phenoxy) is 1. The summed E-state index contributed by atoms with van der Waals surface area (Å²) in [5.74, 6) is 1.43. The smallest absolute Gasteiger partial charge is 0.251 e. The Morgan fingerprint density at radius 2 is 1.71 bits per heavy atom. The summed E-state index contributed by atoms with van der Waals surface area (Å²) in [6.07, 6.45) is 0. The van der Waals surface area contributed by atoms with Gasteiger partial charge in [0.2, 0.25) is 0 Å². The zero-order valence-corrected chi connectivity index (χ0v) is 19.9. The second kappa shape index (κ2) is 13.4. The van der Waals surface area contributed by atoms with Crippen molar-refractivity contribution in [1.82, 2.24) is 16.0 Å². The number of aliphatic imine (C=N–C) groups is 1. The number of halogens is 2. The summed E-state index contributed by atoms with van der Waals surface area (Å²) in [6.45, 7) is 4.25. The first kappa shape index (κ1) is 24.2. The fourth-order valence-electron chi connectivity index (χ4n) is 2.41. The Kier molecular flexibility index (Phi) is 11.6. The van der Waals surface area contributed by atoms with Crippen molar-refractivity contribution < 1.29 is 9.53 Å². The van der Waals surface area contributed by atoms with Crippen LogP contribution in [0.1, 0.15) is 22.8 Å². The van der Waals surface area contributed by atoms with Crippen molar-refractivity contribution in [3.63, 3.8) is 0 Å². The van der Waals surface area contributed by atoms with E-state index in [1.54, 1.807) is 19.2 Å². The van der Waals surface area contributed by atoms with Crippen LogP contribution in [0, 0.1) is 0 Å². The zero-order chi connectivity index (χ0) is 19.5. The van der Waals surface area contributed by atoms with Crippen LogP contribution in [0.5, 0.6) is 5.75 Å². The Bertz CT molecular complexity index is 769. The first-order valence-electron chi connectivity index (χ1n) is 8.83. The maximum absolute atomic E-state index is 12.1. The van der Waals surface area contributed by atoms with Crippen LogP contribution < -0.4 is 20.7 Å². The molecule has 0 atom stereocenters. The number of hydrogen-bond donors (Lipinski definition) is 3. The molecule has 0 fully saturated rings. The average molecular weight is 561 g/mol. The monoisotopic (exact) mass is 560 g/mol. The van der Waals surface area contributed by atoms with Gasteiger partial charge in [0.25, 0.3) is 5.91 Å². The number of para-hydroxylation sites is 1. The van der Waals surface area contributed by atoms with E-state index in [-0.39, 0.29) is 29.9 Å². The number of rotatable bonds is 8. The zero-order valence-electron chi connectivity index (χ0n) is 16.0. The lowest BCUT2D eigenvalue weighted by atomic mass is 10.2. The van der Waals surface area contributed by atoms with Gasteiger partial charge in [-0.3, -0.25) is 9.79 Å². The van der Waals surface area contributed by atoms with Gasteiger partial charge in [0, 0.05) is 42.3 Å². The van der Waals surface area contributed by atoms with Crippen molar-refractivity contribution in [1.29, 1.82) is 0 Å². The van der Waals surface area contributed by atoms with Crippen LogP contribution >= 0.6 is 39.9 Å². The van der Waals surface area contributed by atoms with Crippen LogP contribution in [-0.2, 0) is 6.54 Å². The number of carbonyl (C=O) groups is 1. The largest absolute Gasteiger partial charge is 0.494 e. The number of carbonyl (C=O) groups excluding carboxylic acids is 1. The van der Waals surface area contributed by atoms with Gasteiger partial charge >= 0.3 is 0 Å². The van der Waals surface area contributed by atoms with Crippen LogP contribution in [-0.4, -0.2) is 38.6 Å². The van der Waals surface area contributed by atoms with E-state index in [9.17, 15) is 4.79 Å². The van der Waals surface area contributed by atoms with Crippen molar-refractivity contribution >= 4 is 51.8 Å². The highest BCUT2D eigenvalue weighted by atomic mass is 127. The molecule has 28 heavy (non-hydrogen) atoms. The molecule has 0 bridgehead atoms. The molecule has 2 rings (SSSR count). The Morgan fingerprint density at radius 3 is 2.39 bits per heavy atom. The van der Waals surface area contributed by atoms with Gasteiger partial charge in [-0.2, -0.15) is 0 Å². The van der Waals surface area contributed by atoms with Crippen LogP contribution in [0.4, 0.5) is 0 Å². The topological polar surface area (TPSA) is 74.8 Å². The number of amides is 1. The second-order valence-electron chi connectivity index (χ2n) is 5.66. The molecule has 0 spiro atoms. The van der Waals surface area contributed by atoms with Crippen LogP contribution in [0.2, 0.25) is 0 Å². The van der Waals surface area contributed by atoms with E-state index in [4.69, 9.17) is 4.74 Å². The van der Waals surface area contributed by atoms with Gasteiger partial charge in [0.15, 0.2) is 5.96 Å². The van der Waals surface area contributed by atoms with Crippen molar-refractivity contribution in [2.24, 2.45) is 4.99 Å². The molecule has 152 valence electrons. The minimum Gasteiger partial charge on any atom is -0.494 e. The van der Waals surface area contributed by atoms with Gasteiger partial charge in [-0.25, -0.2) is 0 Å². The number of guanidine groups is 1. The molecule has 0 saturated carbocycles. The molecular formula is C20H26BrIN4O2. The lowest BCUT2D eigenvalue weighted by Crippen LogP contribution is -2.41. The van der Waals surface area contributed by atoms with Gasteiger partial charge in [-0.15, -0.1) is 24.0 Å². The van der Waals surface area contributed by atoms with Crippen molar-refractivity contribution in [2.45, 2.75) is 13.5 Å². The van der Waals surface area contributed by atoms with E-state index in [1.165, 1.54) is 0 Å². The third-order valence-corrected chi connectivity index (χ3v) is 4.28. The number of hydrogen-bond acceptors (Lipinski definition) is 3. The first-order chi connectivity index (χ1) is 13.1. The summed E-state index contributed by atoms with van der Waals surface area (Å²) in [4.78, 5) is 16.3. The van der Waals surface area contributed by atoms with Gasteiger partial charge in [-0.05, 0) is 37.3 Å². The normalized spacial score (nSPS) is 10.6. The third kappa shape index (κ3) is 8.05. The van der Waals surface area contributed by atoms with Crippen molar-refractivity contribution in [2.75, 3.05) is 26.7 Å². The van der Waals surface area contributed by atoms with Gasteiger partial charge < -0.3 is 20.7 Å². The lowest BCUT2D eigenvalue weighted by molar-refractivity contribution is 0.0954. The molecule has 0 unspecified atom stereocenters. The van der Waals surface area contributed by atoms with Crippen molar-refractivity contribution in [3.8, 4) is 5.75 Å². The number of nitrogens with zero attached hydrogens (tertiary/aromatic N) is 1. The highest BCUT2D eigenvalue weighted by Gasteiger charge is 2.06. The van der Waals surface area contributed by atoms with Crippen LogP contribution in [0.3, 0.4) is 0 Å². The van der Waals surface area contributed by atoms with E-state index < -0.39 is 0 Å². The molecule has 2 aromatic carbocycles. The molecule has 2 aromatic rings. The highest BCUT2D eigenvalue weighted by Crippen LogP contribution is 2.17. The van der Waals surface area contributed by atoms with Crippen LogP contribution in [0.25, 0.3) is 0 Å². The van der Waals surface area contributed by atoms with E-state index in [0.717, 1.165) is 15.8 Å². The van der Waals surface area contributed by atoms with E-state index in [1.807, 2.05) is 43.3 Å². The molecule has 0 heterocycles. The summed E-state index contributed by atoms with van der Waals surface area (Å²) < 4.78 is 6.57. The fourth-order valence-corrected chi connectivity index (χ4v) is 2.67. The van der Waals surface area contributed by atoms with E-state index >= 15 is 0 Å². The molecule has 0 radical (unpaired) electrons. The number of nitrogens with one attached hydrogen (secondary N) is 3. The molecule has 6 nitrogen and oxygen atoms in total. The second-order valence-corrected chi connectivity index (χ2v) is 6.57. The van der Waals surface area contributed by atoms with Gasteiger partial charge in [0.05, 0.1) is 6.61 Å². The molecule has 0 aromatic heterocycles. The van der Waals surface area contributed by atoms with Crippen molar-refractivity contribution in [3.05, 3.63) is 64.1 Å². The number of benzene rings is 2. The Balaban J connectivity index is 0.00000392. The molecular weight excluding hydrogens is 535 g/mol. The predicted octanol–water partition coefficient (Wildman–Crippen LogP) is 3.56. The van der Waals surface area contributed by atoms with Crippen LogP contribution in [0.15, 0.2) is 58.0 Å².